The molecule has 6 atom stereocenters. The number of hydrogen-bond donors (Lipinski definition) is 4. The molecule has 12 nitrogen and oxygen atoms in total. The van der Waals surface area contributed by atoms with E-state index in [9.17, 15) is 37.9 Å². The molecule has 0 bridgehead atoms. The van der Waals surface area contributed by atoms with Gasteiger partial charge in [0, 0.05) is 12.8 Å². The molecule has 0 saturated carbocycles. The fourth-order valence-electron chi connectivity index (χ4n) is 5.94. The quantitative estimate of drug-likeness (QED) is 0.0223. The van der Waals surface area contributed by atoms with Gasteiger partial charge in [-0.1, -0.05) is 115 Å². The fourth-order valence-corrected chi connectivity index (χ4v) is 6.63. The minimum Gasteiger partial charge on any atom is -0.462 e. The Hall–Kier alpha value is -2.13. The smallest absolute Gasteiger partial charge is 0.306 e. The topological polar surface area (TPSA) is 186 Å². The van der Waals surface area contributed by atoms with E-state index in [1.165, 1.54) is 25.7 Å². The predicted molar refractivity (Wildman–Crippen MR) is 210 cm³/mol. The van der Waals surface area contributed by atoms with E-state index < -0.39 is 71.2 Å². The van der Waals surface area contributed by atoms with Crippen molar-refractivity contribution in [2.45, 2.75) is 192 Å². The highest BCUT2D eigenvalue weighted by atomic mass is 32.2. The lowest BCUT2D eigenvalue weighted by atomic mass is 10.00. The summed E-state index contributed by atoms with van der Waals surface area (Å²) < 4.78 is 53.9. The second-order valence-corrected chi connectivity index (χ2v) is 15.8. The van der Waals surface area contributed by atoms with E-state index in [-0.39, 0.29) is 19.4 Å². The normalized spacial score (nSPS) is 21.3. The van der Waals surface area contributed by atoms with Crippen LogP contribution < -0.4 is 0 Å². The molecule has 1 fully saturated rings. The van der Waals surface area contributed by atoms with E-state index in [0.717, 1.165) is 89.9 Å². The van der Waals surface area contributed by atoms with E-state index >= 15 is 0 Å². The number of aliphatic hydroxyl groups excluding tert-OH is 3. The second-order valence-electron chi connectivity index (χ2n) is 14.3. The van der Waals surface area contributed by atoms with Crippen molar-refractivity contribution in [1.82, 2.24) is 0 Å². The first-order valence-electron chi connectivity index (χ1n) is 20.5. The van der Waals surface area contributed by atoms with Gasteiger partial charge in [-0.25, -0.2) is 0 Å². The van der Waals surface area contributed by atoms with Gasteiger partial charge in [0.1, 0.15) is 36.8 Å². The van der Waals surface area contributed by atoms with Crippen molar-refractivity contribution in [3.05, 3.63) is 36.5 Å². The summed E-state index contributed by atoms with van der Waals surface area (Å²) in [5.41, 5.74) is 0. The summed E-state index contributed by atoms with van der Waals surface area (Å²) in [6, 6.07) is 0. The maximum absolute atomic E-state index is 12.7. The molecular weight excluding hydrogens is 717 g/mol. The molecule has 0 aliphatic carbocycles. The zero-order valence-electron chi connectivity index (χ0n) is 33.1. The average molecular weight is 789 g/mol. The molecule has 1 aliphatic rings. The Morgan fingerprint density at radius 1 is 0.630 bits per heavy atom. The molecule has 0 spiro atoms. The summed E-state index contributed by atoms with van der Waals surface area (Å²) >= 11 is 0. The van der Waals surface area contributed by atoms with Crippen molar-refractivity contribution in [2.24, 2.45) is 0 Å². The summed E-state index contributed by atoms with van der Waals surface area (Å²) in [4.78, 5) is 25.3. The SMILES string of the molecule is CCC/C=C\C/C=C\CCCCCCCC(=O)OC(COC(=O)CCCCCCC/C=C\CCCCCC)COC1OC(CS(=O)(=O)O)C(O)C(O)C1O. The fraction of sp³-hybridized carbons (Fsp3) is 0.805. The molecule has 314 valence electrons. The molecule has 13 heteroatoms. The van der Waals surface area contributed by atoms with Gasteiger partial charge in [-0.05, 0) is 64.2 Å². The number of esters is 2. The molecule has 54 heavy (non-hydrogen) atoms. The summed E-state index contributed by atoms with van der Waals surface area (Å²) in [6.07, 6.45) is 24.8. The van der Waals surface area contributed by atoms with Gasteiger partial charge >= 0.3 is 11.9 Å². The third-order valence-electron chi connectivity index (χ3n) is 9.17. The zero-order chi connectivity index (χ0) is 39.9. The summed E-state index contributed by atoms with van der Waals surface area (Å²) in [7, 11) is -4.60. The maximum Gasteiger partial charge on any atom is 0.306 e. The van der Waals surface area contributed by atoms with E-state index in [1.807, 2.05) is 0 Å². The highest BCUT2D eigenvalue weighted by molar-refractivity contribution is 7.85. The number of carbonyl (C=O) groups excluding carboxylic acids is 2. The molecule has 1 saturated heterocycles. The van der Waals surface area contributed by atoms with Crippen LogP contribution in [0, 0.1) is 0 Å². The standard InChI is InChI=1S/C41H72O12S/c1-3-5-7-9-11-13-15-17-19-21-23-25-27-29-36(42)50-31-34(32-51-41-40(46)39(45)38(44)35(53-41)33-54(47,48)49)52-37(43)30-28-26-24-22-20-18-16-14-12-10-8-6-4-2/h8,10,13-16,34-35,38-41,44-46H,3-7,9,11-12,17-33H2,1-2H3,(H,47,48,49)/b10-8-,15-13-,16-14-. The van der Waals surface area contributed by atoms with E-state index in [2.05, 4.69) is 50.3 Å². The van der Waals surface area contributed by atoms with Gasteiger partial charge in [0.05, 0.1) is 6.61 Å². The van der Waals surface area contributed by atoms with E-state index in [4.69, 9.17) is 18.9 Å². The highest BCUT2D eigenvalue weighted by Gasteiger charge is 2.46. The molecular formula is C41H72O12S. The Morgan fingerprint density at radius 3 is 1.72 bits per heavy atom. The summed E-state index contributed by atoms with van der Waals surface area (Å²) in [5.74, 6) is -2.02. The van der Waals surface area contributed by atoms with Crippen LogP contribution in [0.5, 0.6) is 0 Å². The van der Waals surface area contributed by atoms with Crippen molar-refractivity contribution in [3.63, 3.8) is 0 Å². The van der Waals surface area contributed by atoms with E-state index in [0.29, 0.717) is 12.8 Å². The first-order valence-corrected chi connectivity index (χ1v) is 22.2. The van der Waals surface area contributed by atoms with Crippen molar-refractivity contribution in [1.29, 1.82) is 0 Å². The lowest BCUT2D eigenvalue weighted by Gasteiger charge is -2.40. The Labute approximate surface area is 325 Å². The molecule has 1 rings (SSSR count). The second kappa shape index (κ2) is 32.0. The van der Waals surface area contributed by atoms with Crippen LogP contribution in [0.2, 0.25) is 0 Å². The van der Waals surface area contributed by atoms with Crippen molar-refractivity contribution < 1.29 is 56.8 Å². The van der Waals surface area contributed by atoms with Crippen LogP contribution in [0.1, 0.15) is 155 Å². The van der Waals surface area contributed by atoms with Crippen LogP contribution in [-0.2, 0) is 38.7 Å². The van der Waals surface area contributed by atoms with Gasteiger partial charge < -0.3 is 34.3 Å². The van der Waals surface area contributed by atoms with Crippen LogP contribution in [0.3, 0.4) is 0 Å². The molecule has 0 radical (unpaired) electrons. The van der Waals surface area contributed by atoms with Crippen LogP contribution in [0.15, 0.2) is 36.5 Å². The molecule has 4 N–H and O–H groups in total. The number of unbranched alkanes of at least 4 members (excludes halogenated alkanes) is 15. The van der Waals surface area contributed by atoms with Gasteiger partial charge in [0.25, 0.3) is 10.1 Å². The number of carbonyl (C=O) groups is 2. The van der Waals surface area contributed by atoms with Crippen LogP contribution in [0.4, 0.5) is 0 Å². The predicted octanol–water partition coefficient (Wildman–Crippen LogP) is 7.44. The van der Waals surface area contributed by atoms with Gasteiger partial charge in [-0.3, -0.25) is 14.1 Å². The van der Waals surface area contributed by atoms with Gasteiger partial charge in [-0.15, -0.1) is 0 Å². The van der Waals surface area contributed by atoms with Gasteiger partial charge in [-0.2, -0.15) is 8.42 Å². The van der Waals surface area contributed by atoms with Crippen LogP contribution in [0.25, 0.3) is 0 Å². The Bertz CT molecular complexity index is 1150. The van der Waals surface area contributed by atoms with Gasteiger partial charge in [0.15, 0.2) is 12.4 Å². The molecule has 0 aromatic carbocycles. The molecule has 6 unspecified atom stereocenters. The van der Waals surface area contributed by atoms with Crippen molar-refractivity contribution in [3.8, 4) is 0 Å². The third-order valence-corrected chi connectivity index (χ3v) is 9.92. The molecule has 0 aromatic heterocycles. The molecule has 0 aromatic rings. The van der Waals surface area contributed by atoms with E-state index in [1.54, 1.807) is 0 Å². The largest absolute Gasteiger partial charge is 0.462 e. The number of hydrogen-bond acceptors (Lipinski definition) is 11. The van der Waals surface area contributed by atoms with Crippen molar-refractivity contribution >= 4 is 22.1 Å². The maximum atomic E-state index is 12.7. The third kappa shape index (κ3) is 26.6. The lowest BCUT2D eigenvalue weighted by molar-refractivity contribution is -0.297. The lowest BCUT2D eigenvalue weighted by Crippen LogP contribution is -2.60. The van der Waals surface area contributed by atoms with Crippen molar-refractivity contribution in [2.75, 3.05) is 19.0 Å². The average Bonchev–Trinajstić information content (AvgIpc) is 3.13. The minimum atomic E-state index is -4.60. The summed E-state index contributed by atoms with van der Waals surface area (Å²) in [6.45, 7) is 3.63. The number of allylic oxidation sites excluding steroid dienone is 6. The number of ether oxygens (including phenoxy) is 4. The number of aliphatic hydroxyl groups is 3. The molecule has 0 amide bonds. The highest BCUT2D eigenvalue weighted by Crippen LogP contribution is 2.24. The molecule has 1 heterocycles. The summed E-state index contributed by atoms with van der Waals surface area (Å²) in [5, 5.41) is 30.8. The first-order chi connectivity index (χ1) is 26.0. The Morgan fingerprint density at radius 2 is 1.15 bits per heavy atom. The van der Waals surface area contributed by atoms with Gasteiger partial charge in [0.2, 0.25) is 0 Å². The minimum absolute atomic E-state index is 0.146. The monoisotopic (exact) mass is 788 g/mol. The Kier molecular flexibility index (Phi) is 29.6. The molecule has 1 aliphatic heterocycles. The first kappa shape index (κ1) is 49.9. The number of rotatable bonds is 33. The van der Waals surface area contributed by atoms with Crippen LogP contribution >= 0.6 is 0 Å². The Balaban J connectivity index is 2.52. The zero-order valence-corrected chi connectivity index (χ0v) is 33.9. The van der Waals surface area contributed by atoms with Crippen LogP contribution in [-0.4, -0.2) is 96.0 Å².